The second-order valence-corrected chi connectivity index (χ2v) is 4.19. The fourth-order valence-corrected chi connectivity index (χ4v) is 1.74. The van der Waals surface area contributed by atoms with Crippen LogP contribution in [0.3, 0.4) is 0 Å². The first-order valence-corrected chi connectivity index (χ1v) is 5.75. The minimum atomic E-state index is -0.674. The Hall–Kier alpha value is -2.12. The summed E-state index contributed by atoms with van der Waals surface area (Å²) in [7, 11) is 0. The van der Waals surface area contributed by atoms with Crippen molar-refractivity contribution >= 4 is 11.6 Å². The topological polar surface area (TPSA) is 33.0 Å². The van der Waals surface area contributed by atoms with Crippen molar-refractivity contribution in [1.29, 1.82) is 5.26 Å². The normalized spacial score (nSPS) is 10.0. The van der Waals surface area contributed by atoms with Gasteiger partial charge in [-0.05, 0) is 30.3 Å². The van der Waals surface area contributed by atoms with Gasteiger partial charge in [0, 0.05) is 10.6 Å². The zero-order chi connectivity index (χ0) is 13.8. The molecule has 0 saturated heterocycles. The maximum absolute atomic E-state index is 13.5. The van der Waals surface area contributed by atoms with Crippen LogP contribution in [0, 0.1) is 23.0 Å². The van der Waals surface area contributed by atoms with Crippen molar-refractivity contribution in [2.45, 2.75) is 6.61 Å². The van der Waals surface area contributed by atoms with Gasteiger partial charge in [0.05, 0.1) is 0 Å². The summed E-state index contributed by atoms with van der Waals surface area (Å²) in [5.41, 5.74) is 0.0330. The summed E-state index contributed by atoms with van der Waals surface area (Å²) in [4.78, 5) is 0. The zero-order valence-electron chi connectivity index (χ0n) is 9.66. The molecular formula is C14H8ClF2NO. The molecule has 0 bridgehead atoms. The lowest BCUT2D eigenvalue weighted by atomic mass is 10.2. The second kappa shape index (κ2) is 5.68. The molecule has 2 rings (SSSR count). The standard InChI is InChI=1S/C14H8ClF2NO/c15-10-4-5-12(16)9(6-10)8-19-14-3-1-2-13(17)11(14)7-18/h1-6H,8H2. The number of nitriles is 1. The van der Waals surface area contributed by atoms with Crippen molar-refractivity contribution < 1.29 is 13.5 Å². The van der Waals surface area contributed by atoms with Gasteiger partial charge in [0.15, 0.2) is 0 Å². The number of hydrogen-bond donors (Lipinski definition) is 0. The lowest BCUT2D eigenvalue weighted by Gasteiger charge is -2.09. The van der Waals surface area contributed by atoms with Crippen LogP contribution in [0.5, 0.6) is 5.75 Å². The molecule has 0 aliphatic carbocycles. The molecule has 0 radical (unpaired) electrons. The number of benzene rings is 2. The Labute approximate surface area is 113 Å². The van der Waals surface area contributed by atoms with E-state index in [0.29, 0.717) is 5.02 Å². The van der Waals surface area contributed by atoms with Crippen molar-refractivity contribution in [3.05, 3.63) is 64.2 Å². The van der Waals surface area contributed by atoms with Crippen LogP contribution in [0.25, 0.3) is 0 Å². The van der Waals surface area contributed by atoms with Crippen LogP contribution < -0.4 is 4.74 Å². The average Bonchev–Trinajstić information content (AvgIpc) is 2.40. The molecule has 2 aromatic rings. The lowest BCUT2D eigenvalue weighted by molar-refractivity contribution is 0.297. The van der Waals surface area contributed by atoms with Gasteiger partial charge in [0.2, 0.25) is 0 Å². The van der Waals surface area contributed by atoms with Gasteiger partial charge in [-0.25, -0.2) is 8.78 Å². The van der Waals surface area contributed by atoms with Gasteiger partial charge in [-0.2, -0.15) is 5.26 Å². The van der Waals surface area contributed by atoms with Crippen molar-refractivity contribution in [3.63, 3.8) is 0 Å². The van der Waals surface area contributed by atoms with E-state index in [0.717, 1.165) is 6.07 Å². The van der Waals surface area contributed by atoms with E-state index in [2.05, 4.69) is 0 Å². The van der Waals surface area contributed by atoms with E-state index >= 15 is 0 Å². The molecule has 0 N–H and O–H groups in total. The molecule has 0 saturated carbocycles. The first kappa shape index (κ1) is 13.3. The number of halogens is 3. The van der Waals surface area contributed by atoms with Crippen LogP contribution in [-0.2, 0) is 6.61 Å². The van der Waals surface area contributed by atoms with Crippen molar-refractivity contribution in [2.24, 2.45) is 0 Å². The maximum Gasteiger partial charge on any atom is 0.144 e. The summed E-state index contributed by atoms with van der Waals surface area (Å²) in [5.74, 6) is -1.08. The summed E-state index contributed by atoms with van der Waals surface area (Å²) >= 11 is 5.75. The fraction of sp³-hybridized carbons (Fsp3) is 0.0714. The molecule has 19 heavy (non-hydrogen) atoms. The predicted octanol–water partition coefficient (Wildman–Crippen LogP) is 4.07. The van der Waals surface area contributed by atoms with Crippen molar-refractivity contribution in [2.75, 3.05) is 0 Å². The third-order valence-corrected chi connectivity index (χ3v) is 2.71. The Bertz CT molecular complexity index is 652. The highest BCUT2D eigenvalue weighted by atomic mass is 35.5. The minimum Gasteiger partial charge on any atom is -0.487 e. The molecule has 0 aliphatic rings. The van der Waals surface area contributed by atoms with E-state index in [-0.39, 0.29) is 23.5 Å². The monoisotopic (exact) mass is 279 g/mol. The smallest absolute Gasteiger partial charge is 0.144 e. The molecule has 0 spiro atoms. The van der Waals surface area contributed by atoms with E-state index < -0.39 is 11.6 Å². The molecule has 0 unspecified atom stereocenters. The largest absolute Gasteiger partial charge is 0.487 e. The molecule has 2 aromatic carbocycles. The molecule has 0 amide bonds. The van der Waals surface area contributed by atoms with Gasteiger partial charge >= 0.3 is 0 Å². The van der Waals surface area contributed by atoms with E-state index in [1.54, 1.807) is 6.07 Å². The Kier molecular flexibility index (Phi) is 3.98. The lowest BCUT2D eigenvalue weighted by Crippen LogP contribution is -2.01. The Morgan fingerprint density at radius 2 is 1.95 bits per heavy atom. The minimum absolute atomic E-state index is 0.0712. The van der Waals surface area contributed by atoms with E-state index in [4.69, 9.17) is 21.6 Å². The maximum atomic E-state index is 13.5. The molecule has 96 valence electrons. The van der Waals surface area contributed by atoms with Crippen molar-refractivity contribution in [3.8, 4) is 11.8 Å². The molecule has 0 atom stereocenters. The van der Waals surface area contributed by atoms with Crippen LogP contribution in [0.2, 0.25) is 5.02 Å². The Morgan fingerprint density at radius 3 is 2.68 bits per heavy atom. The molecule has 2 nitrogen and oxygen atoms in total. The summed E-state index contributed by atoms with van der Waals surface area (Å²) < 4.78 is 32.0. The highest BCUT2D eigenvalue weighted by molar-refractivity contribution is 6.30. The molecule has 0 fully saturated rings. The van der Waals surface area contributed by atoms with Crippen LogP contribution in [0.4, 0.5) is 8.78 Å². The van der Waals surface area contributed by atoms with Gasteiger partial charge < -0.3 is 4.74 Å². The molecule has 0 aliphatic heterocycles. The van der Waals surface area contributed by atoms with E-state index in [9.17, 15) is 8.78 Å². The summed E-state index contributed by atoms with van der Waals surface area (Å²) in [6.45, 7) is -0.134. The van der Waals surface area contributed by atoms with E-state index in [1.165, 1.54) is 30.3 Å². The Morgan fingerprint density at radius 1 is 1.16 bits per heavy atom. The quantitative estimate of drug-likeness (QED) is 0.848. The second-order valence-electron chi connectivity index (χ2n) is 3.75. The van der Waals surface area contributed by atoms with Crippen LogP contribution in [-0.4, -0.2) is 0 Å². The Balaban J connectivity index is 2.22. The third kappa shape index (κ3) is 3.01. The molecule has 0 heterocycles. The number of ether oxygens (including phenoxy) is 1. The zero-order valence-corrected chi connectivity index (χ0v) is 10.4. The first-order chi connectivity index (χ1) is 9.11. The summed E-state index contributed by atoms with van der Waals surface area (Å²) in [5, 5.41) is 9.20. The number of hydrogen-bond acceptors (Lipinski definition) is 2. The number of nitrogens with zero attached hydrogens (tertiary/aromatic N) is 1. The van der Waals surface area contributed by atoms with Gasteiger partial charge in [-0.1, -0.05) is 17.7 Å². The fourth-order valence-electron chi connectivity index (χ4n) is 1.54. The highest BCUT2D eigenvalue weighted by Gasteiger charge is 2.10. The van der Waals surface area contributed by atoms with Gasteiger partial charge in [0.25, 0.3) is 0 Å². The van der Waals surface area contributed by atoms with Gasteiger partial charge in [-0.3, -0.25) is 0 Å². The third-order valence-electron chi connectivity index (χ3n) is 2.48. The molecule has 5 heteroatoms. The highest BCUT2D eigenvalue weighted by Crippen LogP contribution is 2.23. The van der Waals surface area contributed by atoms with Crippen LogP contribution >= 0.6 is 11.6 Å². The molecule has 0 aromatic heterocycles. The van der Waals surface area contributed by atoms with Crippen molar-refractivity contribution in [1.82, 2.24) is 0 Å². The van der Waals surface area contributed by atoms with Gasteiger partial charge in [0.1, 0.15) is 35.6 Å². The molecular weight excluding hydrogens is 272 g/mol. The van der Waals surface area contributed by atoms with Crippen LogP contribution in [0.15, 0.2) is 36.4 Å². The van der Waals surface area contributed by atoms with E-state index in [1.807, 2.05) is 0 Å². The predicted molar refractivity (Wildman–Crippen MR) is 66.9 cm³/mol. The summed E-state index contributed by atoms with van der Waals surface area (Å²) in [6, 6.07) is 9.79. The summed E-state index contributed by atoms with van der Waals surface area (Å²) in [6.07, 6.45) is 0. The first-order valence-electron chi connectivity index (χ1n) is 5.37. The van der Waals surface area contributed by atoms with Gasteiger partial charge in [-0.15, -0.1) is 0 Å². The SMILES string of the molecule is N#Cc1c(F)cccc1OCc1cc(Cl)ccc1F. The number of rotatable bonds is 3. The average molecular weight is 280 g/mol. The van der Waals surface area contributed by atoms with Crippen LogP contribution in [0.1, 0.15) is 11.1 Å².